The Morgan fingerprint density at radius 3 is 2.76 bits per heavy atom. The molecular weight excluding hydrogens is 318 g/mol. The van der Waals surface area contributed by atoms with Gasteiger partial charge in [0.15, 0.2) is 11.3 Å². The fraction of sp³-hybridized carbons (Fsp3) is 0.350. The lowest BCUT2D eigenvalue weighted by Gasteiger charge is -2.26. The predicted molar refractivity (Wildman–Crippen MR) is 91.7 cm³/mol. The van der Waals surface area contributed by atoms with Crippen molar-refractivity contribution in [2.24, 2.45) is 0 Å². The van der Waals surface area contributed by atoms with Crippen LogP contribution in [0.5, 0.6) is 5.75 Å². The van der Waals surface area contributed by atoms with E-state index in [1.54, 1.807) is 6.26 Å². The Bertz CT molecular complexity index is 987. The third-order valence-electron chi connectivity index (χ3n) is 5.31. The van der Waals surface area contributed by atoms with Crippen molar-refractivity contribution in [3.05, 3.63) is 63.4 Å². The van der Waals surface area contributed by atoms with Crippen molar-refractivity contribution in [1.82, 2.24) is 0 Å². The first-order chi connectivity index (χ1) is 12.3. The molecule has 5 rings (SSSR count). The molecule has 1 aromatic carbocycles. The maximum absolute atomic E-state index is 12.5. The van der Waals surface area contributed by atoms with Crippen LogP contribution < -0.4 is 15.3 Å². The Hall–Kier alpha value is -2.53. The van der Waals surface area contributed by atoms with Crippen LogP contribution in [0.1, 0.15) is 35.3 Å². The van der Waals surface area contributed by atoms with Crippen molar-refractivity contribution in [3.8, 4) is 5.75 Å². The van der Waals surface area contributed by atoms with Gasteiger partial charge in [0.1, 0.15) is 18.8 Å². The average molecular weight is 338 g/mol. The quantitative estimate of drug-likeness (QED) is 0.728. The number of aryl methyl sites for hydroxylation is 1. The third-order valence-corrected chi connectivity index (χ3v) is 5.31. The minimum Gasteiger partial charge on any atom is -0.463 e. The first-order valence-electron chi connectivity index (χ1n) is 8.89. The molecule has 0 saturated carbocycles. The first-order valence-corrected chi connectivity index (χ1v) is 8.89. The summed E-state index contributed by atoms with van der Waals surface area (Å²) in [5.74, 6) is 1.76. The maximum atomic E-state index is 12.5. The topological polar surface area (TPSA) is 57.0 Å². The monoisotopic (exact) mass is 338 g/mol. The van der Waals surface area contributed by atoms with Gasteiger partial charge in [0.2, 0.25) is 6.73 Å². The van der Waals surface area contributed by atoms with E-state index in [0.29, 0.717) is 12.3 Å². The first kappa shape index (κ1) is 14.8. The van der Waals surface area contributed by atoms with Gasteiger partial charge < -0.3 is 13.6 Å². The van der Waals surface area contributed by atoms with Crippen molar-refractivity contribution >= 4 is 11.0 Å². The number of hydrogen-bond acceptors (Lipinski definition) is 4. The molecule has 25 heavy (non-hydrogen) atoms. The molecular formula is C20H20NO4+. The average Bonchev–Trinajstić information content (AvgIpc) is 3.15. The van der Waals surface area contributed by atoms with E-state index in [4.69, 9.17) is 13.6 Å². The van der Waals surface area contributed by atoms with Crippen LogP contribution in [-0.4, -0.2) is 6.73 Å². The summed E-state index contributed by atoms with van der Waals surface area (Å²) in [4.78, 5) is 13.7. The second-order valence-corrected chi connectivity index (χ2v) is 6.94. The summed E-state index contributed by atoms with van der Waals surface area (Å²) in [7, 11) is 0. The van der Waals surface area contributed by atoms with Crippen molar-refractivity contribution in [2.45, 2.75) is 38.8 Å². The molecule has 128 valence electrons. The van der Waals surface area contributed by atoms with Crippen molar-refractivity contribution < 1.29 is 18.5 Å². The Morgan fingerprint density at radius 1 is 1.04 bits per heavy atom. The summed E-state index contributed by atoms with van der Waals surface area (Å²) in [6, 6.07) is 7.95. The molecule has 0 amide bonds. The molecule has 3 heterocycles. The number of furan rings is 1. The number of rotatable bonds is 2. The number of nitrogens with one attached hydrogen (secondary N) is 1. The smallest absolute Gasteiger partial charge is 0.339 e. The van der Waals surface area contributed by atoms with Crippen LogP contribution in [0.25, 0.3) is 11.0 Å². The van der Waals surface area contributed by atoms with E-state index >= 15 is 0 Å². The van der Waals surface area contributed by atoms with Gasteiger partial charge in [0.25, 0.3) is 0 Å². The summed E-state index contributed by atoms with van der Waals surface area (Å²) >= 11 is 0. The molecule has 1 aliphatic carbocycles. The highest BCUT2D eigenvalue weighted by atomic mass is 16.5. The van der Waals surface area contributed by atoms with E-state index in [9.17, 15) is 4.79 Å². The predicted octanol–water partition coefficient (Wildman–Crippen LogP) is 2.20. The van der Waals surface area contributed by atoms with Gasteiger partial charge in [-0.15, -0.1) is 0 Å². The van der Waals surface area contributed by atoms with Gasteiger partial charge in [-0.1, -0.05) is 0 Å². The molecule has 5 heteroatoms. The summed E-state index contributed by atoms with van der Waals surface area (Å²) in [5.41, 5.74) is 3.58. The third kappa shape index (κ3) is 2.46. The van der Waals surface area contributed by atoms with E-state index in [1.165, 1.54) is 10.5 Å². The molecule has 2 aliphatic rings. The molecule has 0 fully saturated rings. The highest BCUT2D eigenvalue weighted by Gasteiger charge is 2.27. The maximum Gasteiger partial charge on any atom is 0.339 e. The number of fused-ring (bicyclic) bond motifs is 5. The van der Waals surface area contributed by atoms with E-state index in [0.717, 1.165) is 66.8 Å². The SMILES string of the molecule is O=c1oc2c3c(ccc2c2c1CCCC2)OC[NH+](Cc1ccco1)C3. The Morgan fingerprint density at radius 2 is 1.92 bits per heavy atom. The lowest BCUT2D eigenvalue weighted by atomic mass is 9.90. The van der Waals surface area contributed by atoms with Crippen LogP contribution in [0.2, 0.25) is 0 Å². The molecule has 0 radical (unpaired) electrons. The highest BCUT2D eigenvalue weighted by Crippen LogP contribution is 2.33. The zero-order chi connectivity index (χ0) is 16.8. The molecule has 1 unspecified atom stereocenters. The molecule has 1 N–H and O–H groups in total. The van der Waals surface area contributed by atoms with Crippen LogP contribution >= 0.6 is 0 Å². The van der Waals surface area contributed by atoms with Gasteiger partial charge in [-0.2, -0.15) is 0 Å². The Labute approximate surface area is 144 Å². The van der Waals surface area contributed by atoms with Gasteiger partial charge >= 0.3 is 5.63 Å². The van der Waals surface area contributed by atoms with Gasteiger partial charge in [0, 0.05) is 10.9 Å². The zero-order valence-corrected chi connectivity index (χ0v) is 14.0. The van der Waals surface area contributed by atoms with Crippen LogP contribution in [-0.2, 0) is 25.9 Å². The molecule has 0 spiro atoms. The standard InChI is InChI=1S/C20H19NO4/c22-20-16-6-2-1-5-14(16)15-7-8-18-17(19(15)25-20)11-21(12-24-18)10-13-4-3-9-23-13/h3-4,7-9H,1-2,5-6,10-12H2/p+1. The minimum atomic E-state index is -0.172. The highest BCUT2D eigenvalue weighted by molar-refractivity contribution is 5.86. The van der Waals surface area contributed by atoms with Crippen molar-refractivity contribution in [3.63, 3.8) is 0 Å². The molecule has 5 nitrogen and oxygen atoms in total. The molecule has 2 aromatic heterocycles. The van der Waals surface area contributed by atoms with Crippen LogP contribution in [0, 0.1) is 0 Å². The molecule has 0 saturated heterocycles. The van der Waals surface area contributed by atoms with Crippen molar-refractivity contribution in [1.29, 1.82) is 0 Å². The second-order valence-electron chi connectivity index (χ2n) is 6.94. The van der Waals surface area contributed by atoms with Gasteiger partial charge in [-0.3, -0.25) is 4.90 Å². The molecule has 3 aromatic rings. The van der Waals surface area contributed by atoms with E-state index in [1.807, 2.05) is 18.2 Å². The van der Waals surface area contributed by atoms with E-state index in [2.05, 4.69) is 6.07 Å². The molecule has 0 bridgehead atoms. The summed E-state index contributed by atoms with van der Waals surface area (Å²) in [5, 5.41) is 1.08. The number of ether oxygens (including phenoxy) is 1. The lowest BCUT2D eigenvalue weighted by molar-refractivity contribution is -0.946. The van der Waals surface area contributed by atoms with Crippen LogP contribution in [0.15, 0.2) is 44.2 Å². The number of hydrogen-bond donors (Lipinski definition) is 1. The lowest BCUT2D eigenvalue weighted by Crippen LogP contribution is -3.10. The normalized spacial score (nSPS) is 19.3. The largest absolute Gasteiger partial charge is 0.463 e. The summed E-state index contributed by atoms with van der Waals surface area (Å²) in [6.07, 6.45) is 5.68. The Kier molecular flexibility index (Phi) is 3.41. The van der Waals surface area contributed by atoms with Crippen molar-refractivity contribution in [2.75, 3.05) is 6.73 Å². The fourth-order valence-corrected chi connectivity index (χ4v) is 4.10. The Balaban J connectivity index is 1.60. The van der Waals surface area contributed by atoms with E-state index < -0.39 is 0 Å². The summed E-state index contributed by atoms with van der Waals surface area (Å²) in [6.45, 7) is 2.08. The number of benzene rings is 1. The molecule has 1 aliphatic heterocycles. The number of quaternary nitrogens is 1. The van der Waals surface area contributed by atoms with Gasteiger partial charge in [-0.25, -0.2) is 4.79 Å². The van der Waals surface area contributed by atoms with E-state index in [-0.39, 0.29) is 5.63 Å². The zero-order valence-electron chi connectivity index (χ0n) is 14.0. The fourth-order valence-electron chi connectivity index (χ4n) is 4.10. The van der Waals surface area contributed by atoms with Gasteiger partial charge in [-0.05, 0) is 55.5 Å². The van der Waals surface area contributed by atoms with Crippen LogP contribution in [0.3, 0.4) is 0 Å². The van der Waals surface area contributed by atoms with Crippen LogP contribution in [0.4, 0.5) is 0 Å². The second kappa shape index (κ2) is 5.77. The molecule has 1 atom stereocenters. The minimum absolute atomic E-state index is 0.172. The van der Waals surface area contributed by atoms with Gasteiger partial charge in [0.05, 0.1) is 11.8 Å². The summed E-state index contributed by atoms with van der Waals surface area (Å²) < 4.78 is 17.2.